The Balaban J connectivity index is -0.000000653. The van der Waals surface area contributed by atoms with E-state index in [2.05, 4.69) is 4.98 Å². The maximum absolute atomic E-state index is 10.8. The van der Waals surface area contributed by atoms with Gasteiger partial charge >= 0.3 is 11.7 Å². The zero-order valence-corrected chi connectivity index (χ0v) is 13.9. The van der Waals surface area contributed by atoms with E-state index < -0.39 is 5.97 Å². The predicted octanol–water partition coefficient (Wildman–Crippen LogP) is -4.06. The molecule has 0 aromatic heterocycles. The van der Waals surface area contributed by atoms with Crippen molar-refractivity contribution in [1.82, 2.24) is 0 Å². The van der Waals surface area contributed by atoms with Crippen molar-refractivity contribution >= 4 is 17.3 Å². The van der Waals surface area contributed by atoms with Crippen LogP contribution in [0, 0.1) is 5.39 Å². The monoisotopic (exact) mass is 326 g/mol. The molecule has 0 fully saturated rings. The number of nitrogens with zero attached hydrogens (tertiary/aromatic N) is 3. The number of halogens is 2. The van der Waals surface area contributed by atoms with Gasteiger partial charge in [0, 0.05) is 45.3 Å². The quantitative estimate of drug-likeness (QED) is 0.443. The minimum Gasteiger partial charge on any atom is -1.00 e. The Morgan fingerprint density at radius 3 is 2.24 bits per heavy atom. The fraction of sp³-hybridized carbons (Fsp3) is 0.222. The number of aromatic carboxylic acids is 1. The van der Waals surface area contributed by atoms with E-state index in [4.69, 9.17) is 10.5 Å². The molecule has 0 radical (unpaired) electrons. The summed E-state index contributed by atoms with van der Waals surface area (Å²) in [6.45, 7) is 0. The van der Waals surface area contributed by atoms with Crippen LogP contribution in [0.5, 0.6) is 0 Å². The predicted molar refractivity (Wildman–Crippen MR) is 52.5 cm³/mol. The zero-order valence-electron chi connectivity index (χ0n) is 9.39. The second-order valence-electron chi connectivity index (χ2n) is 3.00. The van der Waals surface area contributed by atoms with E-state index >= 15 is 0 Å². The van der Waals surface area contributed by atoms with E-state index in [0.29, 0.717) is 0 Å². The molecule has 17 heavy (non-hydrogen) atoms. The normalized spacial score (nSPS) is 7.59. The van der Waals surface area contributed by atoms with E-state index in [0.717, 1.165) is 5.69 Å². The van der Waals surface area contributed by atoms with Crippen molar-refractivity contribution in [3.8, 4) is 0 Å². The molecule has 0 amide bonds. The van der Waals surface area contributed by atoms with Crippen LogP contribution in [0.2, 0.25) is 0 Å². The van der Waals surface area contributed by atoms with Crippen LogP contribution in [0.25, 0.3) is 4.98 Å². The van der Waals surface area contributed by atoms with Gasteiger partial charge in [0.25, 0.3) is 0 Å². The maximum atomic E-state index is 10.8. The summed E-state index contributed by atoms with van der Waals surface area (Å²) in [5.74, 6) is -1.11. The number of carbonyl (C=O) groups is 1. The van der Waals surface area contributed by atoms with Gasteiger partial charge in [0.2, 0.25) is 5.39 Å². The number of carboxylic acids is 1. The molecule has 1 aromatic rings. The molecule has 0 aliphatic heterocycles. The minimum absolute atomic E-state index is 0. The standard InChI is InChI=1S/C9H9N3O2.2ClH.Zn/c1-12(2)6-3-4-8(11-10)7(5-6)9(13)14;;;/h3-5H,1-2H3;2*1H;/p-1. The molecule has 1 rings (SSSR count). The Labute approximate surface area is 124 Å². The second-order valence-corrected chi connectivity index (χ2v) is 3.00. The van der Waals surface area contributed by atoms with Gasteiger partial charge in [-0.25, -0.2) is 4.79 Å². The van der Waals surface area contributed by atoms with Crippen LogP contribution in [0.1, 0.15) is 10.4 Å². The first-order chi connectivity index (χ1) is 6.56. The number of rotatable bonds is 2. The molecule has 0 aliphatic carbocycles. The van der Waals surface area contributed by atoms with Crippen LogP contribution in [-0.4, -0.2) is 25.2 Å². The van der Waals surface area contributed by atoms with Crippen LogP contribution in [-0.2, 0) is 19.5 Å². The Kier molecular flexibility index (Phi) is 11.6. The second kappa shape index (κ2) is 9.18. The van der Waals surface area contributed by atoms with Crippen molar-refractivity contribution in [1.29, 1.82) is 5.39 Å². The Hall–Kier alpha value is -0.887. The molecule has 8 heteroatoms. The Bertz CT molecular complexity index is 421. The van der Waals surface area contributed by atoms with Gasteiger partial charge in [-0.2, -0.15) is 0 Å². The molecular formula is C9H10Cl2N3O2Zn-. The van der Waals surface area contributed by atoms with Crippen LogP contribution >= 0.6 is 0 Å². The van der Waals surface area contributed by atoms with Gasteiger partial charge in [0.15, 0.2) is 10.5 Å². The van der Waals surface area contributed by atoms with Gasteiger partial charge in [-0.1, -0.05) is 0 Å². The third-order valence-corrected chi connectivity index (χ3v) is 1.83. The van der Waals surface area contributed by atoms with Crippen molar-refractivity contribution in [3.63, 3.8) is 0 Å². The van der Waals surface area contributed by atoms with Crippen LogP contribution < -0.4 is 29.7 Å². The molecule has 0 saturated heterocycles. The molecule has 0 saturated carbocycles. The maximum Gasteiger partial charge on any atom is 0.399 e. The molecule has 0 unspecified atom stereocenters. The number of benzene rings is 1. The van der Waals surface area contributed by atoms with Crippen molar-refractivity contribution in [2.45, 2.75) is 0 Å². The van der Waals surface area contributed by atoms with Gasteiger partial charge in [0.05, 0.1) is 0 Å². The van der Waals surface area contributed by atoms with Crippen molar-refractivity contribution in [2.75, 3.05) is 19.0 Å². The molecule has 90 valence electrons. The summed E-state index contributed by atoms with van der Waals surface area (Å²) < 4.78 is 0. The third kappa shape index (κ3) is 5.31. The Morgan fingerprint density at radius 2 is 1.88 bits per heavy atom. The summed E-state index contributed by atoms with van der Waals surface area (Å²) in [5.41, 5.74) is 0.789. The number of carboxylic acid groups (broad SMARTS) is 1. The number of anilines is 1. The van der Waals surface area contributed by atoms with Gasteiger partial charge in [-0.3, -0.25) is 0 Å². The van der Waals surface area contributed by atoms with E-state index in [9.17, 15) is 4.79 Å². The molecule has 1 N–H and O–H groups in total. The summed E-state index contributed by atoms with van der Waals surface area (Å²) in [5, 5.41) is 17.4. The van der Waals surface area contributed by atoms with Gasteiger partial charge in [-0.05, 0) is 12.1 Å². The summed E-state index contributed by atoms with van der Waals surface area (Å²) in [7, 11) is 3.60. The molecule has 0 bridgehead atoms. The number of hydrogen-bond donors (Lipinski definition) is 1. The van der Waals surface area contributed by atoms with Crippen LogP contribution in [0.4, 0.5) is 11.4 Å². The topological polar surface area (TPSA) is 68.7 Å². The van der Waals surface area contributed by atoms with Crippen molar-refractivity contribution in [3.05, 3.63) is 28.7 Å². The van der Waals surface area contributed by atoms with E-state index in [1.807, 2.05) is 0 Å². The van der Waals surface area contributed by atoms with Gasteiger partial charge < -0.3 is 34.8 Å². The summed E-state index contributed by atoms with van der Waals surface area (Å²) in [6, 6.07) is 4.59. The van der Waals surface area contributed by atoms with E-state index in [-0.39, 0.29) is 55.5 Å². The van der Waals surface area contributed by atoms with Gasteiger partial charge in [0.1, 0.15) is 0 Å². The molecule has 0 heterocycles. The average molecular weight is 328 g/mol. The average Bonchev–Trinajstić information content (AvgIpc) is 2.16. The summed E-state index contributed by atoms with van der Waals surface area (Å²) in [6.07, 6.45) is 0. The van der Waals surface area contributed by atoms with E-state index in [1.165, 1.54) is 12.1 Å². The Morgan fingerprint density at radius 1 is 1.35 bits per heavy atom. The molecule has 0 aliphatic rings. The smallest absolute Gasteiger partial charge is 0.399 e. The third-order valence-electron chi connectivity index (χ3n) is 1.83. The largest absolute Gasteiger partial charge is 1.00 e. The first-order valence-corrected chi connectivity index (χ1v) is 3.96. The van der Waals surface area contributed by atoms with Crippen molar-refractivity contribution < 1.29 is 54.2 Å². The SMILES string of the molecule is CN(C)c1ccc([N+]#N)c(C(=O)O)c1.[Cl-].[Cl-].[Zn]. The zero-order chi connectivity index (χ0) is 10.7. The summed E-state index contributed by atoms with van der Waals surface area (Å²) >= 11 is 0. The number of diazo groups is 1. The molecule has 1 aromatic carbocycles. The van der Waals surface area contributed by atoms with Crippen LogP contribution in [0.3, 0.4) is 0 Å². The fourth-order valence-electron chi connectivity index (χ4n) is 1.06. The van der Waals surface area contributed by atoms with E-state index in [1.54, 1.807) is 25.1 Å². The molecule has 0 spiro atoms. The number of hydrogen-bond acceptors (Lipinski definition) is 3. The summed E-state index contributed by atoms with van der Waals surface area (Å²) in [4.78, 5) is 15.4. The first-order valence-electron chi connectivity index (χ1n) is 3.96. The first kappa shape index (κ1) is 21.4. The van der Waals surface area contributed by atoms with Crippen LogP contribution in [0.15, 0.2) is 18.2 Å². The minimum atomic E-state index is -1.11. The molecular weight excluding hydrogens is 318 g/mol. The van der Waals surface area contributed by atoms with Gasteiger partial charge in [-0.15, -0.1) is 0 Å². The molecule has 5 nitrogen and oxygen atoms in total. The fourth-order valence-corrected chi connectivity index (χ4v) is 1.06. The van der Waals surface area contributed by atoms with Crippen molar-refractivity contribution in [2.24, 2.45) is 0 Å². The molecule has 0 atom stereocenters.